The Bertz CT molecular complexity index is 537. The number of urea groups is 1. The van der Waals surface area contributed by atoms with Gasteiger partial charge in [-0.25, -0.2) is 4.79 Å². The number of carbonyl (C=O) groups excluding carboxylic acids is 1. The Balaban J connectivity index is 2.90. The number of benzene rings is 1. The fourth-order valence-electron chi connectivity index (χ4n) is 1.57. The second-order valence-electron chi connectivity index (χ2n) is 4.20. The Labute approximate surface area is 133 Å². The monoisotopic (exact) mass is 332 g/mol. The van der Waals surface area contributed by atoms with E-state index in [1.54, 1.807) is 12.1 Å². The molecule has 21 heavy (non-hydrogen) atoms. The van der Waals surface area contributed by atoms with Gasteiger partial charge in [0.2, 0.25) is 0 Å². The fraction of sp³-hybridized carbons (Fsp3) is 0.385. The Morgan fingerprint density at radius 2 is 2.10 bits per heavy atom. The summed E-state index contributed by atoms with van der Waals surface area (Å²) < 4.78 is 5.10. The number of guanidine groups is 1. The average molecular weight is 333 g/mol. The molecule has 1 aromatic carbocycles. The highest BCUT2D eigenvalue weighted by Gasteiger charge is 2.20. The predicted molar refractivity (Wildman–Crippen MR) is 86.0 cm³/mol. The molecular formula is C13H18Cl2N4O2. The van der Waals surface area contributed by atoms with E-state index in [2.05, 4.69) is 10.6 Å². The van der Waals surface area contributed by atoms with E-state index >= 15 is 0 Å². The zero-order valence-corrected chi connectivity index (χ0v) is 13.6. The Hall–Kier alpha value is -1.66. The van der Waals surface area contributed by atoms with Gasteiger partial charge in [-0.1, -0.05) is 30.1 Å². The van der Waals surface area contributed by atoms with Crippen molar-refractivity contribution in [3.05, 3.63) is 22.2 Å². The highest BCUT2D eigenvalue weighted by atomic mass is 35.5. The van der Waals surface area contributed by atoms with Crippen LogP contribution in [0.4, 0.5) is 10.5 Å². The third-order valence-corrected chi connectivity index (χ3v) is 3.35. The summed E-state index contributed by atoms with van der Waals surface area (Å²) in [5.41, 5.74) is 0.318. The summed E-state index contributed by atoms with van der Waals surface area (Å²) in [6.45, 7) is 2.56. The van der Waals surface area contributed by atoms with E-state index < -0.39 is 6.03 Å². The molecule has 0 aromatic heterocycles. The quantitative estimate of drug-likeness (QED) is 0.585. The summed E-state index contributed by atoms with van der Waals surface area (Å²) in [4.78, 5) is 13.3. The van der Waals surface area contributed by atoms with Crippen molar-refractivity contribution in [2.75, 3.05) is 25.6 Å². The van der Waals surface area contributed by atoms with Crippen LogP contribution >= 0.6 is 23.2 Å². The lowest BCUT2D eigenvalue weighted by Gasteiger charge is -2.22. The lowest BCUT2D eigenvalue weighted by Crippen LogP contribution is -2.46. The molecule has 2 amide bonds. The van der Waals surface area contributed by atoms with Crippen molar-refractivity contribution >= 4 is 40.9 Å². The minimum Gasteiger partial charge on any atom is -0.495 e. The second kappa shape index (κ2) is 7.95. The van der Waals surface area contributed by atoms with Gasteiger partial charge in [0, 0.05) is 13.6 Å². The highest BCUT2D eigenvalue weighted by molar-refractivity contribution is 6.40. The first-order valence-corrected chi connectivity index (χ1v) is 7.07. The van der Waals surface area contributed by atoms with Crippen molar-refractivity contribution in [2.45, 2.75) is 13.3 Å². The van der Waals surface area contributed by atoms with E-state index in [0.29, 0.717) is 23.0 Å². The first-order valence-electron chi connectivity index (χ1n) is 6.31. The van der Waals surface area contributed by atoms with Crippen molar-refractivity contribution in [3.8, 4) is 5.75 Å². The van der Waals surface area contributed by atoms with Crippen LogP contribution in [-0.4, -0.2) is 32.7 Å². The average Bonchev–Trinajstić information content (AvgIpc) is 2.45. The van der Waals surface area contributed by atoms with Gasteiger partial charge in [0.25, 0.3) is 0 Å². The molecule has 0 saturated carbocycles. The Morgan fingerprint density at radius 3 is 2.67 bits per heavy atom. The van der Waals surface area contributed by atoms with Crippen LogP contribution in [-0.2, 0) is 0 Å². The van der Waals surface area contributed by atoms with E-state index in [9.17, 15) is 4.79 Å². The van der Waals surface area contributed by atoms with Crippen molar-refractivity contribution in [2.24, 2.45) is 0 Å². The summed E-state index contributed by atoms with van der Waals surface area (Å²) in [5, 5.41) is 13.3. The van der Waals surface area contributed by atoms with Crippen molar-refractivity contribution in [1.29, 1.82) is 5.41 Å². The summed E-state index contributed by atoms with van der Waals surface area (Å²) in [6.07, 6.45) is 0.849. The van der Waals surface area contributed by atoms with Crippen molar-refractivity contribution < 1.29 is 9.53 Å². The molecule has 0 unspecified atom stereocenters. The number of anilines is 1. The molecule has 0 fully saturated rings. The molecule has 0 aliphatic heterocycles. The van der Waals surface area contributed by atoms with E-state index in [0.717, 1.165) is 6.42 Å². The van der Waals surface area contributed by atoms with Crippen LogP contribution in [0, 0.1) is 5.41 Å². The summed E-state index contributed by atoms with van der Waals surface area (Å²) in [6, 6.07) is 2.68. The molecule has 1 aromatic rings. The van der Waals surface area contributed by atoms with Gasteiger partial charge < -0.3 is 10.1 Å². The first kappa shape index (κ1) is 17.4. The van der Waals surface area contributed by atoms with E-state index in [4.69, 9.17) is 33.3 Å². The molecule has 0 aliphatic carbocycles. The zero-order chi connectivity index (χ0) is 16.0. The Morgan fingerprint density at radius 1 is 1.43 bits per heavy atom. The molecule has 8 heteroatoms. The molecule has 0 heterocycles. The minimum atomic E-state index is -0.527. The second-order valence-corrected chi connectivity index (χ2v) is 4.99. The lowest BCUT2D eigenvalue weighted by atomic mass is 10.2. The predicted octanol–water partition coefficient (Wildman–Crippen LogP) is 3.08. The maximum atomic E-state index is 12.1. The molecule has 0 bridgehead atoms. The maximum absolute atomic E-state index is 12.1. The molecule has 6 nitrogen and oxygen atoms in total. The summed E-state index contributed by atoms with van der Waals surface area (Å²) >= 11 is 12.3. The van der Waals surface area contributed by atoms with Gasteiger partial charge in [-0.15, -0.1) is 0 Å². The largest absolute Gasteiger partial charge is 0.495 e. The minimum absolute atomic E-state index is 0.0798. The number of amides is 2. The molecule has 116 valence electrons. The topological polar surface area (TPSA) is 77.5 Å². The molecule has 0 saturated heterocycles. The number of halogens is 2. The van der Waals surface area contributed by atoms with E-state index in [-0.39, 0.29) is 11.0 Å². The van der Waals surface area contributed by atoms with Gasteiger partial charge in [0.15, 0.2) is 5.96 Å². The van der Waals surface area contributed by atoms with Crippen LogP contribution in [0.25, 0.3) is 0 Å². The highest BCUT2D eigenvalue weighted by Crippen LogP contribution is 2.39. The number of hydrogen-bond donors (Lipinski definition) is 3. The number of methoxy groups -OCH3 is 1. The van der Waals surface area contributed by atoms with Gasteiger partial charge in [0.05, 0.1) is 17.8 Å². The third kappa shape index (κ3) is 4.41. The third-order valence-electron chi connectivity index (χ3n) is 2.68. The summed E-state index contributed by atoms with van der Waals surface area (Å²) in [5.74, 6) is 0.332. The van der Waals surface area contributed by atoms with Crippen LogP contribution in [0.15, 0.2) is 12.1 Å². The molecule has 1 rings (SSSR count). The van der Waals surface area contributed by atoms with Crippen LogP contribution in [0.5, 0.6) is 5.75 Å². The van der Waals surface area contributed by atoms with Gasteiger partial charge in [-0.05, 0) is 18.6 Å². The standard InChI is InChI=1S/C13H18Cl2N4O2/c1-4-7-17-12(16)18-13(20)19(2)11-8(14)5-6-9(21-3)10(11)15/h5-6H,4,7H2,1-3H3,(H3,16,17,18,20). The van der Waals surface area contributed by atoms with Crippen molar-refractivity contribution in [3.63, 3.8) is 0 Å². The van der Waals surface area contributed by atoms with E-state index in [1.807, 2.05) is 6.92 Å². The number of carbonyl (C=O) groups is 1. The van der Waals surface area contributed by atoms with Crippen LogP contribution < -0.4 is 20.3 Å². The van der Waals surface area contributed by atoms with Crippen LogP contribution in [0.2, 0.25) is 10.0 Å². The fourth-order valence-corrected chi connectivity index (χ4v) is 2.28. The molecule has 0 radical (unpaired) electrons. The Kier molecular flexibility index (Phi) is 6.58. The number of ether oxygens (including phenoxy) is 1. The zero-order valence-electron chi connectivity index (χ0n) is 12.1. The number of rotatable bonds is 4. The normalized spacial score (nSPS) is 9.95. The molecule has 0 aliphatic rings. The molecule has 3 N–H and O–H groups in total. The lowest BCUT2D eigenvalue weighted by molar-refractivity contribution is 0.251. The molecule has 0 atom stereocenters. The number of hydrogen-bond acceptors (Lipinski definition) is 3. The number of nitrogens with zero attached hydrogens (tertiary/aromatic N) is 1. The van der Waals surface area contributed by atoms with Crippen LogP contribution in [0.3, 0.4) is 0 Å². The van der Waals surface area contributed by atoms with Crippen molar-refractivity contribution in [1.82, 2.24) is 10.6 Å². The van der Waals surface area contributed by atoms with Gasteiger partial charge in [-0.2, -0.15) is 0 Å². The smallest absolute Gasteiger partial charge is 0.328 e. The van der Waals surface area contributed by atoms with Crippen LogP contribution in [0.1, 0.15) is 13.3 Å². The maximum Gasteiger partial charge on any atom is 0.328 e. The SMILES string of the molecule is CCCNC(=N)NC(=O)N(C)c1c(Cl)ccc(OC)c1Cl. The first-order chi connectivity index (χ1) is 9.92. The van der Waals surface area contributed by atoms with Gasteiger partial charge in [-0.3, -0.25) is 15.6 Å². The number of nitrogens with one attached hydrogen (secondary N) is 3. The van der Waals surface area contributed by atoms with E-state index in [1.165, 1.54) is 19.1 Å². The van der Waals surface area contributed by atoms with Gasteiger partial charge >= 0.3 is 6.03 Å². The van der Waals surface area contributed by atoms with Gasteiger partial charge in [0.1, 0.15) is 10.8 Å². The molecular weight excluding hydrogens is 315 g/mol. The molecule has 0 spiro atoms. The summed E-state index contributed by atoms with van der Waals surface area (Å²) in [7, 11) is 2.98.